The summed E-state index contributed by atoms with van der Waals surface area (Å²) in [6.45, 7) is 0. The van der Waals surface area contributed by atoms with E-state index >= 15 is 0 Å². The molecule has 0 radical (unpaired) electrons. The average molecular weight is 268 g/mol. The fraction of sp³-hybridized carbons (Fsp3) is 0. The molecule has 0 bridgehead atoms. The Labute approximate surface area is 69.0 Å². The molecule has 0 aliphatic heterocycles. The molecular formula is H2CrO4Sm. The molecule has 0 heterocycles. The van der Waals surface area contributed by atoms with Crippen LogP contribution >= 0.6 is 0 Å². The predicted molar refractivity (Wildman–Crippen MR) is 5.81 cm³/mol. The molecule has 0 spiro atoms. The van der Waals surface area contributed by atoms with E-state index in [2.05, 4.69) is 0 Å². The second kappa shape index (κ2) is 3.40. The second-order valence-electron chi connectivity index (χ2n) is 0.448. The summed E-state index contributed by atoms with van der Waals surface area (Å²) >= 11 is -5.25. The Morgan fingerprint density at radius 2 is 1.17 bits per heavy atom. The summed E-state index contributed by atoms with van der Waals surface area (Å²) in [4.78, 5) is 0. The molecular weight excluding hydrogens is 266 g/mol. The number of rotatable bonds is 0. The van der Waals surface area contributed by atoms with Crippen molar-refractivity contribution >= 4 is 0 Å². The molecule has 0 atom stereocenters. The molecule has 2 N–H and O–H groups in total. The van der Waals surface area contributed by atoms with E-state index in [1.165, 1.54) is 0 Å². The largest absolute Gasteiger partial charge is 0 e. The first-order chi connectivity index (χ1) is 2.00. The van der Waals surface area contributed by atoms with Crippen molar-refractivity contribution in [1.82, 2.24) is 0 Å². The van der Waals surface area contributed by atoms with Gasteiger partial charge in [0.05, 0.1) is 0 Å². The molecule has 38 valence electrons. The van der Waals surface area contributed by atoms with Crippen LogP contribution in [0.4, 0.5) is 0 Å². The first-order valence-corrected chi connectivity index (χ1v) is 2.88. The fourth-order valence-corrected chi connectivity index (χ4v) is 0. The van der Waals surface area contributed by atoms with Gasteiger partial charge in [0.1, 0.15) is 0 Å². The Balaban J connectivity index is 0. The fourth-order valence-electron chi connectivity index (χ4n) is 0. The summed E-state index contributed by atoms with van der Waals surface area (Å²) in [6.07, 6.45) is 0. The standard InChI is InChI=1S/Cr.2H2O.2O.Sm/h;2*1H2;;;/q+2;;;;;/p-2. The minimum atomic E-state index is -5.25. The van der Waals surface area contributed by atoms with Gasteiger partial charge in [-0.05, 0) is 0 Å². The maximum Gasteiger partial charge on any atom is 0 e. The minimum absolute atomic E-state index is 0. The van der Waals surface area contributed by atoms with Gasteiger partial charge < -0.3 is 0 Å². The molecule has 0 unspecified atom stereocenters. The first-order valence-electron chi connectivity index (χ1n) is 0.698. The van der Waals surface area contributed by atoms with Crippen LogP contribution in [0.5, 0.6) is 0 Å². The van der Waals surface area contributed by atoms with E-state index in [0.29, 0.717) is 0 Å². The van der Waals surface area contributed by atoms with Gasteiger partial charge in [-0.3, -0.25) is 0 Å². The van der Waals surface area contributed by atoms with Crippen LogP contribution < -0.4 is 0 Å². The third-order valence-corrected chi connectivity index (χ3v) is 0. The molecule has 0 saturated carbocycles. The monoisotopic (exact) mass is 270 g/mol. The molecule has 0 aromatic heterocycles. The smallest absolute Gasteiger partial charge is 0 e. The van der Waals surface area contributed by atoms with E-state index in [1.807, 2.05) is 0 Å². The topological polar surface area (TPSA) is 74.6 Å². The van der Waals surface area contributed by atoms with E-state index in [1.54, 1.807) is 0 Å². The Morgan fingerprint density at radius 1 is 1.17 bits per heavy atom. The van der Waals surface area contributed by atoms with Crippen LogP contribution in [0, 0.1) is 40.4 Å². The summed E-state index contributed by atoms with van der Waals surface area (Å²) in [7, 11) is 0. The van der Waals surface area contributed by atoms with Crippen LogP contribution in [0.25, 0.3) is 0 Å². The van der Waals surface area contributed by atoms with Gasteiger partial charge in [-0.15, -0.1) is 0 Å². The molecule has 6 heteroatoms. The van der Waals surface area contributed by atoms with E-state index in [0.717, 1.165) is 0 Å². The van der Waals surface area contributed by atoms with Gasteiger partial charge >= 0.3 is 29.5 Å². The van der Waals surface area contributed by atoms with E-state index in [-0.39, 0.29) is 40.4 Å². The van der Waals surface area contributed by atoms with Crippen molar-refractivity contribution in [3.63, 3.8) is 0 Å². The third kappa shape index (κ3) is 53.8. The zero-order valence-corrected chi connectivity index (χ0v) is 6.42. The molecule has 0 aromatic carbocycles. The van der Waals surface area contributed by atoms with Crippen molar-refractivity contribution in [2.75, 3.05) is 0 Å². The molecule has 0 fully saturated rings. The number of hydrogen-bond donors (Lipinski definition) is 2. The summed E-state index contributed by atoms with van der Waals surface area (Å²) in [5.41, 5.74) is 0. The van der Waals surface area contributed by atoms with Crippen LogP contribution in [-0.2, 0) is 21.2 Å². The maximum absolute atomic E-state index is 8.82. The van der Waals surface area contributed by atoms with E-state index < -0.39 is 13.6 Å². The van der Waals surface area contributed by atoms with Crippen molar-refractivity contribution in [1.29, 1.82) is 0 Å². The molecule has 0 rings (SSSR count). The van der Waals surface area contributed by atoms with Crippen molar-refractivity contribution in [3.05, 3.63) is 0 Å². The third-order valence-electron chi connectivity index (χ3n) is 0. The zero-order valence-electron chi connectivity index (χ0n) is 2.53. The van der Waals surface area contributed by atoms with Gasteiger partial charge in [-0.2, -0.15) is 0 Å². The minimum Gasteiger partial charge on any atom is 0 e. The van der Waals surface area contributed by atoms with Gasteiger partial charge in [0.2, 0.25) is 0 Å². The Morgan fingerprint density at radius 3 is 1.17 bits per heavy atom. The van der Waals surface area contributed by atoms with Crippen molar-refractivity contribution in [2.24, 2.45) is 0 Å². The van der Waals surface area contributed by atoms with Gasteiger partial charge in [0.25, 0.3) is 0 Å². The van der Waals surface area contributed by atoms with Gasteiger partial charge in [0, 0.05) is 40.4 Å². The first kappa shape index (κ1) is 10.4. The van der Waals surface area contributed by atoms with Gasteiger partial charge in [-0.1, -0.05) is 0 Å². The molecule has 6 heavy (non-hydrogen) atoms. The van der Waals surface area contributed by atoms with E-state index in [9.17, 15) is 0 Å². The van der Waals surface area contributed by atoms with Crippen LogP contribution in [0.3, 0.4) is 0 Å². The van der Waals surface area contributed by atoms with Gasteiger partial charge in [0.15, 0.2) is 0 Å². The SMILES string of the molecule is [O]=[Cr](=[O])([OH])[OH].[Sm]. The quantitative estimate of drug-likeness (QED) is 0.569. The molecule has 4 nitrogen and oxygen atoms in total. The maximum atomic E-state index is 8.82. The normalized spacial score (nSPS) is 9.67. The Kier molecular flexibility index (Phi) is 5.88. The second-order valence-corrected chi connectivity index (χ2v) is 1.85. The molecule has 0 saturated heterocycles. The van der Waals surface area contributed by atoms with Crippen LogP contribution in [0.15, 0.2) is 0 Å². The summed E-state index contributed by atoms with van der Waals surface area (Å²) < 4.78 is 31.9. The Hall–Kier alpha value is 1.39. The van der Waals surface area contributed by atoms with Crippen LogP contribution in [-0.4, -0.2) is 8.32 Å². The van der Waals surface area contributed by atoms with Crippen molar-refractivity contribution in [2.45, 2.75) is 0 Å². The molecule has 0 aliphatic carbocycles. The van der Waals surface area contributed by atoms with Crippen LogP contribution in [0.2, 0.25) is 0 Å². The molecule has 0 aromatic rings. The summed E-state index contributed by atoms with van der Waals surface area (Å²) in [6, 6.07) is 0. The predicted octanol–water partition coefficient (Wildman–Crippen LogP) is -1.35. The number of hydrogen-bond acceptors (Lipinski definition) is 2. The van der Waals surface area contributed by atoms with Crippen molar-refractivity contribution in [3.8, 4) is 0 Å². The van der Waals surface area contributed by atoms with E-state index in [4.69, 9.17) is 15.9 Å². The van der Waals surface area contributed by atoms with Crippen LogP contribution in [0.1, 0.15) is 0 Å². The van der Waals surface area contributed by atoms with Gasteiger partial charge in [-0.25, -0.2) is 0 Å². The Bertz CT molecular complexity index is 90.7. The van der Waals surface area contributed by atoms with Crippen molar-refractivity contribution < 1.29 is 69.9 Å². The molecule has 0 aliphatic rings. The zero-order chi connectivity index (χ0) is 4.50. The summed E-state index contributed by atoms with van der Waals surface area (Å²) in [5, 5.41) is 0. The summed E-state index contributed by atoms with van der Waals surface area (Å²) in [5.74, 6) is 0. The molecule has 0 amide bonds. The average Bonchev–Trinajstić information content (AvgIpc) is 0.722.